The molecule has 1 aliphatic heterocycles. The molecule has 6 nitrogen and oxygen atoms in total. The highest BCUT2D eigenvalue weighted by molar-refractivity contribution is 5.87. The van der Waals surface area contributed by atoms with Gasteiger partial charge in [-0.05, 0) is 60.8 Å². The van der Waals surface area contributed by atoms with Gasteiger partial charge in [0, 0.05) is 26.1 Å². The summed E-state index contributed by atoms with van der Waals surface area (Å²) in [6, 6.07) is 5.55. The van der Waals surface area contributed by atoms with Gasteiger partial charge < -0.3 is 19.1 Å². The molecule has 0 aromatic heterocycles. The molecule has 1 aromatic carbocycles. The van der Waals surface area contributed by atoms with Crippen molar-refractivity contribution >= 4 is 30.4 Å². The smallest absolute Gasteiger partial charge is 0.330 e. The molecule has 2 saturated carbocycles. The topological polar surface area (TPSA) is 65.1 Å². The van der Waals surface area contributed by atoms with Crippen LogP contribution in [0.4, 0.5) is 0 Å². The Labute approximate surface area is 184 Å². The highest BCUT2D eigenvalue weighted by Gasteiger charge is 2.46. The fourth-order valence-corrected chi connectivity index (χ4v) is 5.22. The van der Waals surface area contributed by atoms with Crippen molar-refractivity contribution in [2.24, 2.45) is 23.7 Å². The second kappa shape index (κ2) is 9.73. The van der Waals surface area contributed by atoms with Gasteiger partial charge in [-0.1, -0.05) is 18.9 Å². The third kappa shape index (κ3) is 4.75. The number of amides is 1. The molecule has 4 atom stereocenters. The summed E-state index contributed by atoms with van der Waals surface area (Å²) in [5.41, 5.74) is 0.858. The number of hydrogen-bond donors (Lipinski definition) is 0. The minimum Gasteiger partial charge on any atom is -0.462 e. The van der Waals surface area contributed by atoms with Crippen molar-refractivity contribution in [1.82, 2.24) is 4.90 Å². The lowest BCUT2D eigenvalue weighted by atomic mass is 9.70. The van der Waals surface area contributed by atoms with Gasteiger partial charge in [0.25, 0.3) is 0 Å². The summed E-state index contributed by atoms with van der Waals surface area (Å²) in [5.74, 6) is 2.55. The summed E-state index contributed by atoms with van der Waals surface area (Å²) < 4.78 is 16.2. The van der Waals surface area contributed by atoms with E-state index in [-0.39, 0.29) is 42.9 Å². The van der Waals surface area contributed by atoms with Gasteiger partial charge in [-0.25, -0.2) is 4.79 Å². The first-order valence-corrected chi connectivity index (χ1v) is 10.5. The molecule has 2 fully saturated rings. The van der Waals surface area contributed by atoms with Crippen LogP contribution in [0.3, 0.4) is 0 Å². The van der Waals surface area contributed by atoms with Crippen molar-refractivity contribution in [3.63, 3.8) is 0 Å². The van der Waals surface area contributed by atoms with Gasteiger partial charge in [-0.3, -0.25) is 4.79 Å². The van der Waals surface area contributed by atoms with E-state index in [1.165, 1.54) is 12.5 Å². The lowest BCUT2D eigenvalue weighted by molar-refractivity contribution is -0.141. The van der Waals surface area contributed by atoms with E-state index in [9.17, 15) is 9.59 Å². The van der Waals surface area contributed by atoms with Gasteiger partial charge in [-0.15, -0.1) is 12.4 Å². The molecule has 0 saturated heterocycles. The number of esters is 1. The van der Waals surface area contributed by atoms with Crippen molar-refractivity contribution in [1.29, 1.82) is 0 Å². The van der Waals surface area contributed by atoms with Gasteiger partial charge in [0.15, 0.2) is 11.5 Å². The fourth-order valence-electron chi connectivity index (χ4n) is 5.22. The molecule has 30 heavy (non-hydrogen) atoms. The SMILES string of the molecule is CN(C)C(=O)C1CCC2CCCC(COC(=O)/C=C/c3ccc4c(c3)OCO4)C21.Cl. The first-order chi connectivity index (χ1) is 14.0. The molecule has 7 heteroatoms. The van der Waals surface area contributed by atoms with Crippen LogP contribution in [0, 0.1) is 23.7 Å². The second-order valence-corrected chi connectivity index (χ2v) is 8.52. The molecule has 1 heterocycles. The molecule has 2 aliphatic carbocycles. The summed E-state index contributed by atoms with van der Waals surface area (Å²) in [4.78, 5) is 26.6. The molecule has 1 amide bonds. The number of fused-ring (bicyclic) bond motifs is 2. The zero-order valence-electron chi connectivity index (χ0n) is 17.5. The number of rotatable bonds is 5. The van der Waals surface area contributed by atoms with Crippen LogP contribution in [-0.4, -0.2) is 44.3 Å². The molecule has 0 N–H and O–H groups in total. The van der Waals surface area contributed by atoms with Crippen LogP contribution >= 0.6 is 12.4 Å². The summed E-state index contributed by atoms with van der Waals surface area (Å²) in [7, 11) is 3.66. The molecule has 4 rings (SSSR count). The Morgan fingerprint density at radius 2 is 1.93 bits per heavy atom. The van der Waals surface area contributed by atoms with Crippen LogP contribution in [0.15, 0.2) is 24.3 Å². The van der Waals surface area contributed by atoms with E-state index in [2.05, 4.69) is 0 Å². The van der Waals surface area contributed by atoms with Crippen molar-refractivity contribution in [2.75, 3.05) is 27.5 Å². The van der Waals surface area contributed by atoms with Crippen LogP contribution in [-0.2, 0) is 14.3 Å². The van der Waals surface area contributed by atoms with Gasteiger partial charge in [0.2, 0.25) is 12.7 Å². The minimum atomic E-state index is -0.349. The maximum Gasteiger partial charge on any atom is 0.330 e. The van der Waals surface area contributed by atoms with E-state index < -0.39 is 0 Å². The largest absolute Gasteiger partial charge is 0.462 e. The number of nitrogens with zero attached hydrogens (tertiary/aromatic N) is 1. The normalized spacial score (nSPS) is 26.7. The Bertz CT molecular complexity index is 809. The third-order valence-electron chi connectivity index (χ3n) is 6.56. The molecule has 0 spiro atoms. The lowest BCUT2D eigenvalue weighted by Gasteiger charge is -2.37. The van der Waals surface area contributed by atoms with E-state index in [4.69, 9.17) is 14.2 Å². The quantitative estimate of drug-likeness (QED) is 0.518. The van der Waals surface area contributed by atoms with Crippen LogP contribution in [0.5, 0.6) is 11.5 Å². The van der Waals surface area contributed by atoms with Crippen LogP contribution in [0.25, 0.3) is 6.08 Å². The van der Waals surface area contributed by atoms with Crippen LogP contribution in [0.2, 0.25) is 0 Å². The molecule has 1 aromatic rings. The van der Waals surface area contributed by atoms with Gasteiger partial charge >= 0.3 is 5.97 Å². The number of halogens is 1. The van der Waals surface area contributed by atoms with Crippen molar-refractivity contribution in [3.8, 4) is 11.5 Å². The average Bonchev–Trinajstić information content (AvgIpc) is 3.36. The fraction of sp³-hybridized carbons (Fsp3) is 0.565. The average molecular weight is 436 g/mol. The van der Waals surface area contributed by atoms with Gasteiger partial charge in [0.05, 0.1) is 6.61 Å². The van der Waals surface area contributed by atoms with Crippen LogP contribution in [0.1, 0.15) is 37.7 Å². The van der Waals surface area contributed by atoms with Crippen LogP contribution < -0.4 is 9.47 Å². The molecule has 0 bridgehead atoms. The number of hydrogen-bond acceptors (Lipinski definition) is 5. The number of benzene rings is 1. The van der Waals surface area contributed by atoms with Crippen molar-refractivity contribution < 1.29 is 23.8 Å². The standard InChI is InChI=1S/C23H29NO5.ClH/c1-24(2)23(26)18-9-8-16-4-3-5-17(22(16)18)13-27-21(25)11-7-15-6-10-19-20(12-15)29-14-28-19;/h6-7,10-12,16-18,22H,3-5,8-9,13-14H2,1-2H3;1H/b11-7+;. The maximum atomic E-state index is 12.6. The summed E-state index contributed by atoms with van der Waals surface area (Å²) in [5, 5.41) is 0. The Hall–Kier alpha value is -2.21. The second-order valence-electron chi connectivity index (χ2n) is 8.52. The summed E-state index contributed by atoms with van der Waals surface area (Å²) >= 11 is 0. The monoisotopic (exact) mass is 435 g/mol. The third-order valence-corrected chi connectivity index (χ3v) is 6.56. The predicted octanol–water partition coefficient (Wildman–Crippen LogP) is 3.92. The lowest BCUT2D eigenvalue weighted by Crippen LogP contribution is -2.39. The molecular formula is C23H30ClNO5. The maximum absolute atomic E-state index is 12.6. The highest BCUT2D eigenvalue weighted by Crippen LogP contribution is 2.49. The Morgan fingerprint density at radius 3 is 2.73 bits per heavy atom. The zero-order valence-corrected chi connectivity index (χ0v) is 18.4. The Morgan fingerprint density at radius 1 is 1.13 bits per heavy atom. The van der Waals surface area contributed by atoms with E-state index >= 15 is 0 Å². The number of ether oxygens (including phenoxy) is 3. The van der Waals surface area contributed by atoms with E-state index in [1.54, 1.807) is 11.0 Å². The van der Waals surface area contributed by atoms with E-state index in [1.807, 2.05) is 32.3 Å². The van der Waals surface area contributed by atoms with E-state index in [0.29, 0.717) is 24.2 Å². The summed E-state index contributed by atoms with van der Waals surface area (Å²) in [6.07, 6.45) is 8.62. The number of carbonyl (C=O) groups excluding carboxylic acids is 2. The zero-order chi connectivity index (χ0) is 20.4. The van der Waals surface area contributed by atoms with Gasteiger partial charge in [0.1, 0.15) is 0 Å². The molecular weight excluding hydrogens is 406 g/mol. The predicted molar refractivity (Wildman–Crippen MR) is 116 cm³/mol. The minimum absolute atomic E-state index is 0. The summed E-state index contributed by atoms with van der Waals surface area (Å²) in [6.45, 7) is 0.619. The first-order valence-electron chi connectivity index (χ1n) is 10.5. The van der Waals surface area contributed by atoms with Crippen molar-refractivity contribution in [2.45, 2.75) is 32.1 Å². The van der Waals surface area contributed by atoms with Crippen molar-refractivity contribution in [3.05, 3.63) is 29.8 Å². The Balaban J connectivity index is 0.00000256. The highest BCUT2D eigenvalue weighted by atomic mass is 35.5. The molecule has 0 radical (unpaired) electrons. The first kappa shape index (κ1) is 22.5. The Kier molecular flexibility index (Phi) is 7.29. The molecule has 4 unspecified atom stereocenters. The molecule has 164 valence electrons. The van der Waals surface area contributed by atoms with E-state index in [0.717, 1.165) is 37.0 Å². The molecule has 3 aliphatic rings. The number of carbonyl (C=O) groups is 2. The van der Waals surface area contributed by atoms with Gasteiger partial charge in [-0.2, -0.15) is 0 Å².